The van der Waals surface area contributed by atoms with E-state index in [0.29, 0.717) is 12.2 Å². The van der Waals surface area contributed by atoms with Crippen molar-refractivity contribution >= 4 is 22.9 Å². The second kappa shape index (κ2) is 5.56. The van der Waals surface area contributed by atoms with E-state index in [0.717, 1.165) is 22.4 Å². The Balaban J connectivity index is 1.78. The van der Waals surface area contributed by atoms with Crippen molar-refractivity contribution in [3.63, 3.8) is 0 Å². The van der Waals surface area contributed by atoms with Crippen LogP contribution in [0.1, 0.15) is 35.2 Å². The molecular formula is C18H15N3O3. The molecule has 6 heteroatoms. The Labute approximate surface area is 138 Å². The average Bonchev–Trinajstić information content (AvgIpc) is 3.16. The van der Waals surface area contributed by atoms with Crippen LogP contribution in [-0.4, -0.2) is 32.9 Å². The van der Waals surface area contributed by atoms with Gasteiger partial charge in [0.2, 0.25) is 0 Å². The quantitative estimate of drug-likeness (QED) is 0.693. The van der Waals surface area contributed by atoms with Crippen molar-refractivity contribution < 1.29 is 14.3 Å². The molecule has 1 unspecified atom stereocenters. The third-order valence-corrected chi connectivity index (χ3v) is 4.26. The number of carbonyl (C=O) groups is 2. The van der Waals surface area contributed by atoms with Gasteiger partial charge in [0.05, 0.1) is 12.5 Å². The van der Waals surface area contributed by atoms with Gasteiger partial charge in [-0.15, -0.1) is 0 Å². The molecule has 0 saturated carbocycles. The van der Waals surface area contributed by atoms with E-state index in [1.807, 2.05) is 28.8 Å². The normalized spacial score (nSPS) is 16.4. The zero-order valence-electron chi connectivity index (χ0n) is 13.1. The Morgan fingerprint density at radius 3 is 3.04 bits per heavy atom. The molecule has 0 amide bonds. The number of rotatable bonds is 3. The summed E-state index contributed by atoms with van der Waals surface area (Å²) < 4.78 is 6.91. The number of ether oxygens (including phenoxy) is 1. The molecule has 0 aliphatic heterocycles. The first-order valence-electron chi connectivity index (χ1n) is 7.81. The number of hydrogen-bond acceptors (Lipinski definition) is 5. The van der Waals surface area contributed by atoms with Crippen LogP contribution in [0.2, 0.25) is 0 Å². The predicted octanol–water partition coefficient (Wildman–Crippen LogP) is 2.65. The smallest absolute Gasteiger partial charge is 0.313 e. The number of benzene rings is 1. The second-order valence-corrected chi connectivity index (χ2v) is 5.66. The van der Waals surface area contributed by atoms with E-state index in [1.54, 1.807) is 25.5 Å². The van der Waals surface area contributed by atoms with Gasteiger partial charge in [0.15, 0.2) is 11.4 Å². The molecule has 1 aromatic carbocycles. The first-order valence-corrected chi connectivity index (χ1v) is 7.81. The van der Waals surface area contributed by atoms with E-state index < -0.39 is 5.92 Å². The zero-order chi connectivity index (χ0) is 16.7. The Hall–Kier alpha value is -3.02. The lowest BCUT2D eigenvalue weighted by Gasteiger charge is -2.10. The van der Waals surface area contributed by atoms with Crippen molar-refractivity contribution in [2.75, 3.05) is 6.61 Å². The van der Waals surface area contributed by atoms with E-state index in [2.05, 4.69) is 9.97 Å². The molecule has 4 rings (SSSR count). The maximum absolute atomic E-state index is 12.3. The summed E-state index contributed by atoms with van der Waals surface area (Å²) in [6.07, 6.45) is 3.55. The third-order valence-electron chi connectivity index (χ3n) is 4.26. The largest absolute Gasteiger partial charge is 0.466 e. The van der Waals surface area contributed by atoms with Crippen LogP contribution in [0, 0.1) is 0 Å². The Morgan fingerprint density at radius 1 is 1.33 bits per heavy atom. The van der Waals surface area contributed by atoms with Crippen LogP contribution in [0.15, 0.2) is 42.9 Å². The SMILES string of the molecule is CCOC(=O)C1CC(=O)c2cc(-n3cnc4cccnc43)ccc21. The lowest BCUT2D eigenvalue weighted by molar-refractivity contribution is -0.144. The van der Waals surface area contributed by atoms with Crippen molar-refractivity contribution in [1.29, 1.82) is 0 Å². The highest BCUT2D eigenvalue weighted by Crippen LogP contribution is 2.35. The van der Waals surface area contributed by atoms with Crippen LogP contribution < -0.4 is 0 Å². The number of fused-ring (bicyclic) bond motifs is 2. The third kappa shape index (κ3) is 2.19. The maximum Gasteiger partial charge on any atom is 0.313 e. The van der Waals surface area contributed by atoms with Crippen LogP contribution in [0.3, 0.4) is 0 Å². The molecule has 0 radical (unpaired) electrons. The second-order valence-electron chi connectivity index (χ2n) is 5.66. The van der Waals surface area contributed by atoms with Crippen molar-refractivity contribution in [3.05, 3.63) is 54.0 Å². The number of nitrogens with zero attached hydrogens (tertiary/aromatic N) is 3. The first kappa shape index (κ1) is 14.6. The van der Waals surface area contributed by atoms with E-state index in [9.17, 15) is 9.59 Å². The van der Waals surface area contributed by atoms with Crippen LogP contribution >= 0.6 is 0 Å². The lowest BCUT2D eigenvalue weighted by atomic mass is 10.0. The molecule has 120 valence electrons. The molecule has 2 aromatic heterocycles. The molecule has 0 saturated heterocycles. The number of aromatic nitrogens is 3. The molecule has 1 atom stereocenters. The van der Waals surface area contributed by atoms with E-state index in [-0.39, 0.29) is 18.2 Å². The standard InChI is InChI=1S/C18H15N3O3/c1-2-24-18(23)14-9-16(22)13-8-11(5-6-12(13)14)21-10-20-15-4-3-7-19-17(15)21/h3-8,10,14H,2,9H2,1H3. The highest BCUT2D eigenvalue weighted by molar-refractivity contribution is 6.06. The van der Waals surface area contributed by atoms with Crippen molar-refractivity contribution in [3.8, 4) is 5.69 Å². The zero-order valence-corrected chi connectivity index (χ0v) is 13.1. The average molecular weight is 321 g/mol. The summed E-state index contributed by atoms with van der Waals surface area (Å²) in [6.45, 7) is 2.07. The van der Waals surface area contributed by atoms with Gasteiger partial charge in [-0.1, -0.05) is 6.07 Å². The van der Waals surface area contributed by atoms with Gasteiger partial charge in [0, 0.05) is 23.9 Å². The number of hydrogen-bond donors (Lipinski definition) is 0. The molecule has 0 N–H and O–H groups in total. The summed E-state index contributed by atoms with van der Waals surface area (Å²) >= 11 is 0. The van der Waals surface area contributed by atoms with E-state index >= 15 is 0 Å². The van der Waals surface area contributed by atoms with Gasteiger partial charge in [-0.2, -0.15) is 0 Å². The number of Topliss-reactive ketones (excluding diaryl/α,β-unsaturated/α-hetero) is 1. The van der Waals surface area contributed by atoms with Gasteiger partial charge in [0.1, 0.15) is 11.8 Å². The summed E-state index contributed by atoms with van der Waals surface area (Å²) in [5, 5.41) is 0. The van der Waals surface area contributed by atoms with Gasteiger partial charge in [-0.05, 0) is 36.8 Å². The first-order chi connectivity index (χ1) is 11.7. The Bertz CT molecular complexity index is 961. The minimum Gasteiger partial charge on any atom is -0.466 e. The summed E-state index contributed by atoms with van der Waals surface area (Å²) in [7, 11) is 0. The molecule has 3 aromatic rings. The summed E-state index contributed by atoms with van der Waals surface area (Å²) in [5.41, 5.74) is 3.62. The fourth-order valence-corrected chi connectivity index (χ4v) is 3.14. The van der Waals surface area contributed by atoms with Gasteiger partial charge >= 0.3 is 5.97 Å². The Kier molecular flexibility index (Phi) is 3.37. The van der Waals surface area contributed by atoms with E-state index in [1.165, 1.54) is 0 Å². The van der Waals surface area contributed by atoms with Gasteiger partial charge in [-0.25, -0.2) is 9.97 Å². The molecular weight excluding hydrogens is 306 g/mol. The summed E-state index contributed by atoms with van der Waals surface area (Å²) in [6, 6.07) is 9.21. The van der Waals surface area contributed by atoms with E-state index in [4.69, 9.17) is 4.74 Å². The lowest BCUT2D eigenvalue weighted by Crippen LogP contribution is -2.13. The number of esters is 1. The van der Waals surface area contributed by atoms with Crippen LogP contribution in [0.25, 0.3) is 16.9 Å². The number of pyridine rings is 1. The molecule has 1 aliphatic carbocycles. The highest BCUT2D eigenvalue weighted by atomic mass is 16.5. The van der Waals surface area contributed by atoms with Crippen LogP contribution in [0.5, 0.6) is 0 Å². The molecule has 0 spiro atoms. The van der Waals surface area contributed by atoms with Crippen LogP contribution in [0.4, 0.5) is 0 Å². The van der Waals surface area contributed by atoms with Gasteiger partial charge < -0.3 is 4.74 Å². The molecule has 6 nitrogen and oxygen atoms in total. The minimum absolute atomic E-state index is 0.0396. The monoisotopic (exact) mass is 321 g/mol. The number of ketones is 1. The molecule has 1 aliphatic rings. The predicted molar refractivity (Wildman–Crippen MR) is 87.2 cm³/mol. The molecule has 0 fully saturated rings. The topological polar surface area (TPSA) is 74.1 Å². The molecule has 0 bridgehead atoms. The van der Waals surface area contributed by atoms with Gasteiger partial charge in [-0.3, -0.25) is 14.2 Å². The molecule has 24 heavy (non-hydrogen) atoms. The van der Waals surface area contributed by atoms with Crippen LogP contribution in [-0.2, 0) is 9.53 Å². The highest BCUT2D eigenvalue weighted by Gasteiger charge is 2.35. The summed E-state index contributed by atoms with van der Waals surface area (Å²) in [4.78, 5) is 33.0. The fourth-order valence-electron chi connectivity index (χ4n) is 3.14. The fraction of sp³-hybridized carbons (Fsp3) is 0.222. The van der Waals surface area contributed by atoms with Crippen molar-refractivity contribution in [2.24, 2.45) is 0 Å². The number of carbonyl (C=O) groups excluding carboxylic acids is 2. The van der Waals surface area contributed by atoms with Crippen molar-refractivity contribution in [2.45, 2.75) is 19.3 Å². The Morgan fingerprint density at radius 2 is 2.21 bits per heavy atom. The summed E-state index contributed by atoms with van der Waals surface area (Å²) in [5.74, 6) is -0.881. The maximum atomic E-state index is 12.3. The van der Waals surface area contributed by atoms with Gasteiger partial charge in [0.25, 0.3) is 0 Å². The molecule has 2 heterocycles. The number of imidazole rings is 1. The minimum atomic E-state index is -0.501. The van der Waals surface area contributed by atoms with Crippen molar-refractivity contribution in [1.82, 2.24) is 14.5 Å².